The summed E-state index contributed by atoms with van der Waals surface area (Å²) in [4.78, 5) is 15.7. The highest BCUT2D eigenvalue weighted by atomic mass is 16.3. The molecule has 1 saturated heterocycles. The van der Waals surface area contributed by atoms with Gasteiger partial charge in [-0.1, -0.05) is 0 Å². The zero-order chi connectivity index (χ0) is 13.1. The van der Waals surface area contributed by atoms with Crippen molar-refractivity contribution in [2.24, 2.45) is 0 Å². The second kappa shape index (κ2) is 5.94. The van der Waals surface area contributed by atoms with E-state index in [1.807, 2.05) is 13.8 Å². The smallest absolute Gasteiger partial charge is 0.131 e. The Morgan fingerprint density at radius 1 is 1.29 bits per heavy atom. The molecule has 0 aromatic carbocycles. The maximum atomic E-state index is 11.1. The molecule has 17 heavy (non-hydrogen) atoms. The summed E-state index contributed by atoms with van der Waals surface area (Å²) in [5.41, 5.74) is -0.618. The molecule has 1 fully saturated rings. The van der Waals surface area contributed by atoms with Crippen LogP contribution in [0.5, 0.6) is 0 Å². The molecule has 4 heteroatoms. The molecule has 4 nitrogen and oxygen atoms in total. The molecule has 1 N–H and O–H groups in total. The van der Waals surface area contributed by atoms with E-state index in [1.165, 1.54) is 0 Å². The maximum absolute atomic E-state index is 11.1. The van der Waals surface area contributed by atoms with Gasteiger partial charge in [-0.05, 0) is 27.7 Å². The number of hydrogen-bond donors (Lipinski definition) is 1. The van der Waals surface area contributed by atoms with Crippen LogP contribution in [0.25, 0.3) is 0 Å². The largest absolute Gasteiger partial charge is 0.389 e. The van der Waals surface area contributed by atoms with E-state index in [1.54, 1.807) is 6.92 Å². The molecule has 1 unspecified atom stereocenters. The number of Topliss-reactive ketones (excluding diaryl/α,β-unsaturated/α-hetero) is 1. The maximum Gasteiger partial charge on any atom is 0.131 e. The summed E-state index contributed by atoms with van der Waals surface area (Å²) in [6, 6.07) is 0.344. The van der Waals surface area contributed by atoms with Crippen molar-refractivity contribution in [2.75, 3.05) is 32.7 Å². The van der Waals surface area contributed by atoms with E-state index in [9.17, 15) is 9.90 Å². The van der Waals surface area contributed by atoms with E-state index < -0.39 is 5.60 Å². The molecule has 1 aliphatic rings. The molecule has 1 aliphatic heterocycles. The number of rotatable bonds is 5. The lowest BCUT2D eigenvalue weighted by Crippen LogP contribution is -2.52. The fourth-order valence-electron chi connectivity index (χ4n) is 2.45. The minimum Gasteiger partial charge on any atom is -0.389 e. The number of β-amino-alcohol motifs (C(OH)–C–C–N with tert-alkyl or cyclic N) is 1. The van der Waals surface area contributed by atoms with Crippen LogP contribution in [-0.4, -0.2) is 65.1 Å². The van der Waals surface area contributed by atoms with Crippen LogP contribution < -0.4 is 0 Å². The van der Waals surface area contributed by atoms with Crippen molar-refractivity contribution < 1.29 is 9.90 Å². The summed E-state index contributed by atoms with van der Waals surface area (Å²) in [7, 11) is 0. The van der Waals surface area contributed by atoms with Crippen LogP contribution in [-0.2, 0) is 4.79 Å². The highest BCUT2D eigenvalue weighted by Crippen LogP contribution is 2.12. The number of carbonyl (C=O) groups is 1. The summed E-state index contributed by atoms with van der Waals surface area (Å²) in [5.74, 6) is 0.261. The molecule has 1 heterocycles. The van der Waals surface area contributed by atoms with Gasteiger partial charge in [0.1, 0.15) is 5.78 Å². The molecule has 0 aromatic rings. The summed E-state index contributed by atoms with van der Waals surface area (Å²) in [6.07, 6.45) is 0.644. The van der Waals surface area contributed by atoms with E-state index in [-0.39, 0.29) is 5.78 Å². The van der Waals surface area contributed by atoms with Gasteiger partial charge in [0, 0.05) is 45.2 Å². The summed E-state index contributed by atoms with van der Waals surface area (Å²) >= 11 is 0. The minimum atomic E-state index is -0.618. The van der Waals surface area contributed by atoms with Crippen molar-refractivity contribution in [3.63, 3.8) is 0 Å². The van der Waals surface area contributed by atoms with Crippen LogP contribution >= 0.6 is 0 Å². The van der Waals surface area contributed by atoms with Crippen molar-refractivity contribution >= 4 is 5.78 Å². The van der Waals surface area contributed by atoms with Gasteiger partial charge in [-0.3, -0.25) is 14.6 Å². The first-order valence-electron chi connectivity index (χ1n) is 6.46. The Kier molecular flexibility index (Phi) is 5.10. The molecular weight excluding hydrogens is 216 g/mol. The van der Waals surface area contributed by atoms with Gasteiger partial charge in [0.15, 0.2) is 0 Å². The van der Waals surface area contributed by atoms with Gasteiger partial charge in [-0.2, -0.15) is 0 Å². The lowest BCUT2D eigenvalue weighted by Gasteiger charge is -2.39. The van der Waals surface area contributed by atoms with Crippen molar-refractivity contribution in [3.05, 3.63) is 0 Å². The first kappa shape index (κ1) is 14.6. The Bertz CT molecular complexity index is 253. The number of aliphatic hydroxyl groups is 1. The Morgan fingerprint density at radius 3 is 2.24 bits per heavy atom. The quantitative estimate of drug-likeness (QED) is 0.772. The first-order chi connectivity index (χ1) is 7.78. The third-order valence-electron chi connectivity index (χ3n) is 3.22. The molecule has 0 radical (unpaired) electrons. The zero-order valence-electron chi connectivity index (χ0n) is 11.6. The molecule has 100 valence electrons. The normalized spacial score (nSPS) is 21.5. The fraction of sp³-hybridized carbons (Fsp3) is 0.923. The average molecular weight is 242 g/mol. The third kappa shape index (κ3) is 5.61. The molecule has 1 atom stereocenters. The van der Waals surface area contributed by atoms with Crippen LogP contribution in [0, 0.1) is 0 Å². The molecule has 0 amide bonds. The van der Waals surface area contributed by atoms with Crippen molar-refractivity contribution in [3.8, 4) is 0 Å². The molecule has 0 bridgehead atoms. The minimum absolute atomic E-state index is 0.261. The highest BCUT2D eigenvalue weighted by Gasteiger charge is 2.25. The summed E-state index contributed by atoms with van der Waals surface area (Å²) in [6.45, 7) is 12.1. The highest BCUT2D eigenvalue weighted by molar-refractivity contribution is 5.76. The molecule has 0 aromatic heterocycles. The standard InChI is InChI=1S/C13H26N2O2/c1-11(9-12(2)16)15-7-5-14(6-8-15)10-13(3,4)17/h11,17H,5-10H2,1-4H3. The van der Waals surface area contributed by atoms with E-state index in [2.05, 4.69) is 16.7 Å². The van der Waals surface area contributed by atoms with Crippen LogP contribution in [0.3, 0.4) is 0 Å². The molecule has 0 spiro atoms. The summed E-state index contributed by atoms with van der Waals surface area (Å²) in [5, 5.41) is 9.76. The zero-order valence-corrected chi connectivity index (χ0v) is 11.6. The number of hydrogen-bond acceptors (Lipinski definition) is 4. The van der Waals surface area contributed by atoms with E-state index >= 15 is 0 Å². The van der Waals surface area contributed by atoms with Crippen molar-refractivity contribution in [1.82, 2.24) is 9.80 Å². The topological polar surface area (TPSA) is 43.8 Å². The van der Waals surface area contributed by atoms with E-state index in [0.29, 0.717) is 12.5 Å². The van der Waals surface area contributed by atoms with Gasteiger partial charge >= 0.3 is 0 Å². The number of ketones is 1. The van der Waals surface area contributed by atoms with Crippen LogP contribution in [0.2, 0.25) is 0 Å². The van der Waals surface area contributed by atoms with E-state index in [4.69, 9.17) is 0 Å². The average Bonchev–Trinajstić information content (AvgIpc) is 2.15. The number of nitrogens with zero attached hydrogens (tertiary/aromatic N) is 2. The van der Waals surface area contributed by atoms with Gasteiger partial charge in [-0.25, -0.2) is 0 Å². The Morgan fingerprint density at radius 2 is 1.82 bits per heavy atom. The monoisotopic (exact) mass is 242 g/mol. The SMILES string of the molecule is CC(=O)CC(C)N1CCN(CC(C)(C)O)CC1. The predicted octanol–water partition coefficient (Wildman–Crippen LogP) is 0.742. The first-order valence-corrected chi connectivity index (χ1v) is 6.46. The fourth-order valence-corrected chi connectivity index (χ4v) is 2.45. The van der Waals surface area contributed by atoms with Crippen molar-refractivity contribution in [2.45, 2.75) is 45.8 Å². The van der Waals surface area contributed by atoms with Gasteiger partial charge < -0.3 is 5.11 Å². The van der Waals surface area contributed by atoms with Gasteiger partial charge in [0.2, 0.25) is 0 Å². The molecule has 1 rings (SSSR count). The van der Waals surface area contributed by atoms with Crippen LogP contribution in [0.4, 0.5) is 0 Å². The Labute approximate surface area is 105 Å². The molecule has 0 aliphatic carbocycles. The van der Waals surface area contributed by atoms with E-state index in [0.717, 1.165) is 32.7 Å². The number of piperazine rings is 1. The molecular formula is C13H26N2O2. The lowest BCUT2D eigenvalue weighted by atomic mass is 10.1. The second-order valence-corrected chi connectivity index (χ2v) is 5.88. The number of carbonyl (C=O) groups excluding carboxylic acids is 1. The van der Waals surface area contributed by atoms with Gasteiger partial charge in [0.25, 0.3) is 0 Å². The Balaban J connectivity index is 2.33. The third-order valence-corrected chi connectivity index (χ3v) is 3.22. The van der Waals surface area contributed by atoms with Gasteiger partial charge in [0.05, 0.1) is 5.60 Å². The van der Waals surface area contributed by atoms with Gasteiger partial charge in [-0.15, -0.1) is 0 Å². The predicted molar refractivity (Wildman–Crippen MR) is 69.1 cm³/mol. The van der Waals surface area contributed by atoms with Crippen LogP contribution in [0.1, 0.15) is 34.1 Å². The van der Waals surface area contributed by atoms with Crippen LogP contribution in [0.15, 0.2) is 0 Å². The molecule has 0 saturated carbocycles. The second-order valence-electron chi connectivity index (χ2n) is 5.88. The lowest BCUT2D eigenvalue weighted by molar-refractivity contribution is -0.118. The Hall–Kier alpha value is -0.450. The summed E-state index contributed by atoms with van der Waals surface area (Å²) < 4.78 is 0. The van der Waals surface area contributed by atoms with Crippen molar-refractivity contribution in [1.29, 1.82) is 0 Å².